The van der Waals surface area contributed by atoms with Gasteiger partial charge in [-0.2, -0.15) is 13.2 Å². The number of rotatable bonds is 8. The summed E-state index contributed by atoms with van der Waals surface area (Å²) in [6.07, 6.45) is -0.919. The van der Waals surface area contributed by atoms with Gasteiger partial charge < -0.3 is 9.84 Å². The molecule has 2 aromatic heterocycles. The van der Waals surface area contributed by atoms with E-state index >= 15 is 0 Å². The zero-order chi connectivity index (χ0) is 22.6. The Morgan fingerprint density at radius 2 is 1.77 bits per heavy atom. The normalized spacial score (nSPS) is 12.0. The lowest BCUT2D eigenvalue weighted by molar-refractivity contribution is -0.139. The van der Waals surface area contributed by atoms with Crippen LogP contribution in [0.1, 0.15) is 25.1 Å². The molecule has 0 spiro atoms. The van der Waals surface area contributed by atoms with Crippen molar-refractivity contribution in [1.82, 2.24) is 15.0 Å². The number of halogens is 3. The summed E-state index contributed by atoms with van der Waals surface area (Å²) in [6, 6.07) is 4.90. The van der Waals surface area contributed by atoms with E-state index in [0.29, 0.717) is 21.9 Å². The number of alkyl halides is 3. The summed E-state index contributed by atoms with van der Waals surface area (Å²) in [5.41, 5.74) is 1.20. The van der Waals surface area contributed by atoms with Gasteiger partial charge in [-0.3, -0.25) is 4.79 Å². The van der Waals surface area contributed by atoms with Crippen LogP contribution in [0.2, 0.25) is 0 Å². The van der Waals surface area contributed by atoms with Crippen molar-refractivity contribution < 1.29 is 27.8 Å². The highest BCUT2D eigenvalue weighted by Crippen LogP contribution is 2.35. The van der Waals surface area contributed by atoms with Crippen LogP contribution in [0.3, 0.4) is 0 Å². The predicted octanol–water partition coefficient (Wildman–Crippen LogP) is 5.20. The van der Waals surface area contributed by atoms with Crippen molar-refractivity contribution in [1.29, 1.82) is 0 Å². The molecule has 0 saturated carbocycles. The number of hydrogen-bond donors (Lipinski definition) is 1. The number of carboxylic acid groups (broad SMARTS) is 1. The van der Waals surface area contributed by atoms with Gasteiger partial charge in [-0.1, -0.05) is 23.9 Å². The molecule has 1 aromatic carbocycles. The molecule has 0 amide bonds. The van der Waals surface area contributed by atoms with E-state index in [4.69, 9.17) is 4.74 Å². The first kappa shape index (κ1) is 23.0. The molecule has 0 radical (unpaired) electrons. The third-order valence-corrected chi connectivity index (χ3v) is 6.32. The van der Waals surface area contributed by atoms with Gasteiger partial charge in [0.2, 0.25) is 0 Å². The fourth-order valence-electron chi connectivity index (χ4n) is 2.35. The summed E-state index contributed by atoms with van der Waals surface area (Å²) >= 11 is 2.56. The van der Waals surface area contributed by atoms with E-state index in [2.05, 4.69) is 15.0 Å². The number of thiazole rings is 1. The molecule has 0 atom stereocenters. The molecule has 0 saturated heterocycles. The number of carboxylic acids is 1. The zero-order valence-corrected chi connectivity index (χ0v) is 18.1. The molecule has 0 fully saturated rings. The van der Waals surface area contributed by atoms with E-state index in [-0.39, 0.29) is 12.6 Å². The van der Waals surface area contributed by atoms with Gasteiger partial charge in [-0.25, -0.2) is 15.0 Å². The molecule has 1 N–H and O–H groups in total. The molecule has 3 rings (SSSR count). The third-order valence-electron chi connectivity index (χ3n) is 4.15. The fourth-order valence-corrected chi connectivity index (χ4v) is 4.58. The second-order valence-corrected chi connectivity index (χ2v) is 9.68. The first-order valence-corrected chi connectivity index (χ1v) is 10.7. The number of ether oxygens (including phenoxy) is 1. The smallest absolute Gasteiger partial charge is 0.416 e. The van der Waals surface area contributed by atoms with Crippen molar-refractivity contribution in [3.8, 4) is 17.1 Å². The number of hydrogen-bond acceptors (Lipinski definition) is 7. The summed E-state index contributed by atoms with van der Waals surface area (Å²) in [5.74, 6) is -0.908. The molecule has 6 nitrogen and oxygen atoms in total. The van der Waals surface area contributed by atoms with Crippen LogP contribution in [0.4, 0.5) is 13.2 Å². The van der Waals surface area contributed by atoms with E-state index in [1.54, 1.807) is 13.8 Å². The predicted molar refractivity (Wildman–Crippen MR) is 111 cm³/mol. The molecule has 0 aliphatic carbocycles. The van der Waals surface area contributed by atoms with E-state index in [0.717, 1.165) is 17.8 Å². The van der Waals surface area contributed by atoms with Crippen LogP contribution >= 0.6 is 23.1 Å². The Kier molecular flexibility index (Phi) is 6.85. The lowest BCUT2D eigenvalue weighted by atomic mass is 10.1. The zero-order valence-electron chi connectivity index (χ0n) is 16.5. The minimum atomic E-state index is -4.38. The molecule has 11 heteroatoms. The Labute approximate surface area is 184 Å². The third kappa shape index (κ3) is 6.17. The van der Waals surface area contributed by atoms with Gasteiger partial charge in [0.15, 0.2) is 4.34 Å². The van der Waals surface area contributed by atoms with E-state index in [9.17, 15) is 23.1 Å². The molecule has 0 aliphatic heterocycles. The Morgan fingerprint density at radius 1 is 1.13 bits per heavy atom. The molecule has 0 unspecified atom stereocenters. The van der Waals surface area contributed by atoms with Gasteiger partial charge in [0.1, 0.15) is 4.75 Å². The molecular weight excluding hydrogens is 451 g/mol. The van der Waals surface area contributed by atoms with E-state index < -0.39 is 22.5 Å². The fraction of sp³-hybridized carbons (Fsp3) is 0.300. The first-order valence-electron chi connectivity index (χ1n) is 9.04. The minimum Gasteiger partial charge on any atom is -0.480 e. The summed E-state index contributed by atoms with van der Waals surface area (Å²) in [7, 11) is 0. The number of aromatic nitrogens is 3. The molecule has 2 heterocycles. The Morgan fingerprint density at radius 3 is 2.35 bits per heavy atom. The van der Waals surface area contributed by atoms with Crippen molar-refractivity contribution >= 4 is 29.1 Å². The maximum Gasteiger partial charge on any atom is 0.416 e. The van der Waals surface area contributed by atoms with E-state index in [1.807, 2.05) is 5.38 Å². The lowest BCUT2D eigenvalue weighted by Crippen LogP contribution is -2.26. The molecule has 31 heavy (non-hydrogen) atoms. The second-order valence-electron chi connectivity index (χ2n) is 6.95. The van der Waals surface area contributed by atoms with Crippen LogP contribution in [0.15, 0.2) is 46.4 Å². The number of carbonyl (C=O) groups is 1. The van der Waals surface area contributed by atoms with Gasteiger partial charge in [0, 0.05) is 29.8 Å². The average Bonchev–Trinajstić information content (AvgIpc) is 3.14. The van der Waals surface area contributed by atoms with Crippen LogP contribution in [-0.4, -0.2) is 37.4 Å². The van der Waals surface area contributed by atoms with Crippen molar-refractivity contribution in [2.24, 2.45) is 0 Å². The molecular formula is C20H18F3N3O3S2. The van der Waals surface area contributed by atoms with Gasteiger partial charge >= 0.3 is 18.2 Å². The Bertz CT molecular complexity index is 1040. The maximum absolute atomic E-state index is 12.7. The minimum absolute atomic E-state index is 0.146. The first-order chi connectivity index (χ1) is 14.5. The van der Waals surface area contributed by atoms with Gasteiger partial charge in [-0.05, 0) is 31.5 Å². The Balaban J connectivity index is 1.53. The van der Waals surface area contributed by atoms with E-state index in [1.165, 1.54) is 47.6 Å². The molecule has 164 valence electrons. The standard InChI is InChI=1S/C20H18F3N3O3S2/c1-19(2,16(27)28)31-18-26-15(11-30-18)7-8-29-17-24-9-13(10-25-17)12-3-5-14(6-4-12)20(21,22)23/h3-6,9-11H,7-8H2,1-2H3,(H,27,28). The van der Waals surface area contributed by atoms with Gasteiger partial charge in [0.05, 0.1) is 17.9 Å². The highest BCUT2D eigenvalue weighted by Gasteiger charge is 2.30. The van der Waals surface area contributed by atoms with Crippen LogP contribution in [0.25, 0.3) is 11.1 Å². The van der Waals surface area contributed by atoms with Gasteiger partial charge in [-0.15, -0.1) is 11.3 Å². The quantitative estimate of drug-likeness (QED) is 0.454. The number of thioether (sulfide) groups is 1. The molecule has 0 aliphatic rings. The monoisotopic (exact) mass is 469 g/mol. The lowest BCUT2D eigenvalue weighted by Gasteiger charge is -2.15. The summed E-state index contributed by atoms with van der Waals surface area (Å²) in [5, 5.41) is 11.0. The summed E-state index contributed by atoms with van der Waals surface area (Å²) in [6.45, 7) is 3.52. The van der Waals surface area contributed by atoms with Crippen molar-refractivity contribution in [2.45, 2.75) is 35.5 Å². The summed E-state index contributed by atoms with van der Waals surface area (Å²) in [4.78, 5) is 23.8. The van der Waals surface area contributed by atoms with Crippen LogP contribution in [0.5, 0.6) is 6.01 Å². The van der Waals surface area contributed by atoms with Gasteiger partial charge in [0.25, 0.3) is 0 Å². The van der Waals surface area contributed by atoms with Crippen LogP contribution < -0.4 is 4.74 Å². The van der Waals surface area contributed by atoms with Crippen LogP contribution in [-0.2, 0) is 17.4 Å². The highest BCUT2D eigenvalue weighted by molar-refractivity contribution is 8.02. The number of aliphatic carboxylic acids is 1. The van der Waals surface area contributed by atoms with Crippen molar-refractivity contribution in [3.05, 3.63) is 53.3 Å². The summed E-state index contributed by atoms with van der Waals surface area (Å²) < 4.78 is 43.2. The number of benzene rings is 1. The maximum atomic E-state index is 12.7. The highest BCUT2D eigenvalue weighted by atomic mass is 32.2. The SMILES string of the molecule is CC(C)(Sc1nc(CCOc2ncc(-c3ccc(C(F)(F)F)cc3)cn2)cs1)C(=O)O. The largest absolute Gasteiger partial charge is 0.480 e. The van der Waals surface area contributed by atoms with Crippen molar-refractivity contribution in [3.63, 3.8) is 0 Å². The van der Waals surface area contributed by atoms with Crippen LogP contribution in [0, 0.1) is 0 Å². The number of nitrogens with zero attached hydrogens (tertiary/aromatic N) is 3. The molecule has 3 aromatic rings. The Hall–Kier alpha value is -2.66. The average molecular weight is 470 g/mol. The molecule has 0 bridgehead atoms. The topological polar surface area (TPSA) is 85.2 Å². The second kappa shape index (κ2) is 9.23. The van der Waals surface area contributed by atoms with Crippen molar-refractivity contribution in [2.75, 3.05) is 6.61 Å².